The highest BCUT2D eigenvalue weighted by molar-refractivity contribution is 7.85. The minimum Gasteiger partial charge on any atom is -0.367 e. The molecule has 0 radical (unpaired) electrons. The first kappa shape index (κ1) is 11.6. The lowest BCUT2D eigenvalue weighted by molar-refractivity contribution is 0.265. The molecule has 2 atom stereocenters. The van der Waals surface area contributed by atoms with Gasteiger partial charge >= 0.3 is 0 Å². The van der Waals surface area contributed by atoms with E-state index in [-0.39, 0.29) is 18.8 Å². The van der Waals surface area contributed by atoms with Gasteiger partial charge in [-0.25, -0.2) is 0 Å². The van der Waals surface area contributed by atoms with Gasteiger partial charge in [0.1, 0.15) is 6.10 Å². The summed E-state index contributed by atoms with van der Waals surface area (Å²) in [5.41, 5.74) is 1.19. The van der Waals surface area contributed by atoms with Gasteiger partial charge in [-0.05, 0) is 5.56 Å². The summed E-state index contributed by atoms with van der Waals surface area (Å²) in [6.45, 7) is 0.121. The SMILES string of the molecule is CS(=O)(=O)OC[C@H]1O[C@@H]1Cc1ccccc1. The maximum absolute atomic E-state index is 10.8. The molecular formula is C11H14O4S. The fourth-order valence-electron chi connectivity index (χ4n) is 1.54. The minimum atomic E-state index is -3.36. The summed E-state index contributed by atoms with van der Waals surface area (Å²) in [6.07, 6.45) is 1.85. The van der Waals surface area contributed by atoms with E-state index < -0.39 is 10.1 Å². The minimum absolute atomic E-state index is 0.0872. The zero-order chi connectivity index (χ0) is 11.6. The number of hydrogen-bond donors (Lipinski definition) is 0. The van der Waals surface area contributed by atoms with Crippen LogP contribution in [0.3, 0.4) is 0 Å². The molecule has 0 saturated carbocycles. The van der Waals surface area contributed by atoms with Crippen LogP contribution < -0.4 is 0 Å². The van der Waals surface area contributed by atoms with Crippen molar-refractivity contribution in [2.24, 2.45) is 0 Å². The quantitative estimate of drug-likeness (QED) is 0.570. The van der Waals surface area contributed by atoms with Gasteiger partial charge in [0.15, 0.2) is 0 Å². The summed E-state index contributed by atoms with van der Waals surface area (Å²) in [5, 5.41) is 0. The molecule has 2 rings (SSSR count). The molecule has 1 aromatic carbocycles. The fourth-order valence-corrected chi connectivity index (χ4v) is 1.92. The Morgan fingerprint density at radius 3 is 2.56 bits per heavy atom. The van der Waals surface area contributed by atoms with E-state index >= 15 is 0 Å². The molecule has 0 aliphatic carbocycles. The second-order valence-electron chi connectivity index (χ2n) is 3.89. The summed E-state index contributed by atoms with van der Waals surface area (Å²) < 4.78 is 31.5. The van der Waals surface area contributed by atoms with Crippen LogP contribution in [-0.2, 0) is 25.5 Å². The molecule has 4 nitrogen and oxygen atoms in total. The van der Waals surface area contributed by atoms with Crippen LogP contribution in [0.2, 0.25) is 0 Å². The van der Waals surface area contributed by atoms with Crippen LogP contribution in [0.5, 0.6) is 0 Å². The third-order valence-corrected chi connectivity index (χ3v) is 2.98. The maximum Gasteiger partial charge on any atom is 0.264 e. The summed E-state index contributed by atoms with van der Waals surface area (Å²) in [7, 11) is -3.36. The van der Waals surface area contributed by atoms with Crippen LogP contribution >= 0.6 is 0 Å². The Bertz CT molecular complexity index is 440. The van der Waals surface area contributed by atoms with Crippen LogP contribution in [0.4, 0.5) is 0 Å². The standard InChI is InChI=1S/C11H14O4S/c1-16(12,13)14-8-11-10(15-11)7-9-5-3-2-4-6-9/h2-6,10-11H,7-8H2,1H3/t10-,11-/m1/s1. The van der Waals surface area contributed by atoms with Gasteiger partial charge in [-0.15, -0.1) is 0 Å². The lowest BCUT2D eigenvalue weighted by Gasteiger charge is -1.98. The predicted molar refractivity (Wildman–Crippen MR) is 59.6 cm³/mol. The summed E-state index contributed by atoms with van der Waals surface area (Å²) in [6, 6.07) is 9.95. The zero-order valence-corrected chi connectivity index (χ0v) is 9.81. The van der Waals surface area contributed by atoms with Gasteiger partial charge in [0.25, 0.3) is 10.1 Å². The Morgan fingerprint density at radius 1 is 1.25 bits per heavy atom. The smallest absolute Gasteiger partial charge is 0.264 e. The van der Waals surface area contributed by atoms with Gasteiger partial charge in [-0.3, -0.25) is 4.18 Å². The van der Waals surface area contributed by atoms with Crippen LogP contribution in [0.15, 0.2) is 30.3 Å². The van der Waals surface area contributed by atoms with Crippen molar-refractivity contribution in [3.63, 3.8) is 0 Å². The third kappa shape index (κ3) is 3.59. The van der Waals surface area contributed by atoms with Gasteiger partial charge in [0, 0.05) is 6.42 Å². The zero-order valence-electron chi connectivity index (χ0n) is 9.00. The highest BCUT2D eigenvalue weighted by Gasteiger charge is 2.39. The van der Waals surface area contributed by atoms with Crippen LogP contribution in [0.1, 0.15) is 5.56 Å². The van der Waals surface area contributed by atoms with Gasteiger partial charge in [0.2, 0.25) is 0 Å². The van der Waals surface area contributed by atoms with Crippen molar-refractivity contribution < 1.29 is 17.3 Å². The average molecular weight is 242 g/mol. The number of hydrogen-bond acceptors (Lipinski definition) is 4. The van der Waals surface area contributed by atoms with E-state index in [1.54, 1.807) is 0 Å². The van der Waals surface area contributed by atoms with E-state index in [1.807, 2.05) is 30.3 Å². The molecule has 0 aromatic heterocycles. The summed E-state index contributed by atoms with van der Waals surface area (Å²) >= 11 is 0. The molecule has 16 heavy (non-hydrogen) atoms. The molecule has 1 fully saturated rings. The third-order valence-electron chi connectivity index (χ3n) is 2.41. The number of rotatable bonds is 5. The molecule has 0 N–H and O–H groups in total. The summed E-state index contributed by atoms with van der Waals surface area (Å²) in [5.74, 6) is 0. The van der Waals surface area contributed by atoms with Crippen molar-refractivity contribution in [2.75, 3.05) is 12.9 Å². The number of epoxide rings is 1. The van der Waals surface area contributed by atoms with Gasteiger partial charge in [0.05, 0.1) is 19.0 Å². The van der Waals surface area contributed by atoms with Crippen LogP contribution in [0.25, 0.3) is 0 Å². The van der Waals surface area contributed by atoms with Crippen molar-refractivity contribution in [1.29, 1.82) is 0 Å². The Morgan fingerprint density at radius 2 is 1.94 bits per heavy atom. The first-order valence-electron chi connectivity index (χ1n) is 5.08. The van der Waals surface area contributed by atoms with Crippen LogP contribution in [0, 0.1) is 0 Å². The molecular weight excluding hydrogens is 228 g/mol. The number of ether oxygens (including phenoxy) is 1. The second kappa shape index (κ2) is 4.53. The lowest BCUT2D eigenvalue weighted by Crippen LogP contribution is -2.11. The molecule has 1 aliphatic rings. The van der Waals surface area contributed by atoms with E-state index in [1.165, 1.54) is 5.56 Å². The highest BCUT2D eigenvalue weighted by atomic mass is 32.2. The fraction of sp³-hybridized carbons (Fsp3) is 0.455. The van der Waals surface area contributed by atoms with Gasteiger partial charge < -0.3 is 4.74 Å². The van der Waals surface area contributed by atoms with E-state index in [4.69, 9.17) is 4.74 Å². The molecule has 0 unspecified atom stereocenters. The van der Waals surface area contributed by atoms with E-state index in [9.17, 15) is 8.42 Å². The Labute approximate surface area is 95.3 Å². The van der Waals surface area contributed by atoms with Crippen molar-refractivity contribution in [1.82, 2.24) is 0 Å². The first-order valence-corrected chi connectivity index (χ1v) is 6.90. The van der Waals surface area contributed by atoms with E-state index in [2.05, 4.69) is 4.18 Å². The predicted octanol–water partition coefficient (Wildman–Crippen LogP) is 0.973. The second-order valence-corrected chi connectivity index (χ2v) is 5.54. The van der Waals surface area contributed by atoms with Crippen molar-refractivity contribution in [3.05, 3.63) is 35.9 Å². The number of benzene rings is 1. The average Bonchev–Trinajstić information content (AvgIpc) is 2.94. The molecule has 0 amide bonds. The molecule has 0 bridgehead atoms. The lowest BCUT2D eigenvalue weighted by atomic mass is 10.1. The molecule has 88 valence electrons. The van der Waals surface area contributed by atoms with E-state index in [0.717, 1.165) is 12.7 Å². The molecule has 1 heterocycles. The Hall–Kier alpha value is -0.910. The molecule has 1 aromatic rings. The molecule has 5 heteroatoms. The largest absolute Gasteiger partial charge is 0.367 e. The van der Waals surface area contributed by atoms with Gasteiger partial charge in [-0.2, -0.15) is 8.42 Å². The molecule has 0 spiro atoms. The van der Waals surface area contributed by atoms with Gasteiger partial charge in [-0.1, -0.05) is 30.3 Å². The monoisotopic (exact) mass is 242 g/mol. The van der Waals surface area contributed by atoms with Crippen LogP contribution in [-0.4, -0.2) is 33.5 Å². The highest BCUT2D eigenvalue weighted by Crippen LogP contribution is 2.26. The molecule has 1 aliphatic heterocycles. The first-order chi connectivity index (χ1) is 7.54. The Kier molecular flexibility index (Phi) is 3.28. The topological polar surface area (TPSA) is 55.9 Å². The van der Waals surface area contributed by atoms with E-state index in [0.29, 0.717) is 0 Å². The van der Waals surface area contributed by atoms with Crippen molar-refractivity contribution >= 4 is 10.1 Å². The molecule has 1 saturated heterocycles. The van der Waals surface area contributed by atoms with Crippen molar-refractivity contribution in [3.8, 4) is 0 Å². The summed E-state index contributed by atoms with van der Waals surface area (Å²) in [4.78, 5) is 0. The van der Waals surface area contributed by atoms with Crippen molar-refractivity contribution in [2.45, 2.75) is 18.6 Å². The maximum atomic E-state index is 10.8. The Balaban J connectivity index is 1.76. The normalized spacial score (nSPS) is 24.3.